The van der Waals surface area contributed by atoms with Crippen LogP contribution in [-0.4, -0.2) is 54.3 Å². The fraction of sp³-hybridized carbons (Fsp3) is 0.938. The molecule has 2 heterocycles. The molecule has 2 bridgehead atoms. The Balaban J connectivity index is 1.58. The van der Waals surface area contributed by atoms with Gasteiger partial charge in [0.2, 0.25) is 0 Å². The zero-order valence-corrected chi connectivity index (χ0v) is 12.3. The van der Waals surface area contributed by atoms with Crippen molar-refractivity contribution < 1.29 is 4.79 Å². The van der Waals surface area contributed by atoms with Crippen LogP contribution in [0.15, 0.2) is 0 Å². The van der Waals surface area contributed by atoms with Gasteiger partial charge in [-0.1, -0.05) is 12.8 Å². The molecule has 3 fully saturated rings. The fourth-order valence-electron chi connectivity index (χ4n) is 4.28. The van der Waals surface area contributed by atoms with Crippen molar-refractivity contribution in [2.75, 3.05) is 26.7 Å². The van der Waals surface area contributed by atoms with Crippen LogP contribution in [-0.2, 0) is 4.79 Å². The van der Waals surface area contributed by atoms with Crippen molar-refractivity contribution in [1.29, 1.82) is 0 Å². The molecule has 3 unspecified atom stereocenters. The zero-order chi connectivity index (χ0) is 13.2. The van der Waals surface area contributed by atoms with Crippen molar-refractivity contribution >= 4 is 5.78 Å². The predicted octanol–water partition coefficient (Wildman–Crippen LogP) is 2.30. The van der Waals surface area contributed by atoms with E-state index in [0.29, 0.717) is 11.7 Å². The van der Waals surface area contributed by atoms with E-state index in [1.165, 1.54) is 45.2 Å². The third kappa shape index (κ3) is 3.03. The average molecular weight is 264 g/mol. The van der Waals surface area contributed by atoms with E-state index in [0.717, 1.165) is 37.9 Å². The minimum Gasteiger partial charge on any atom is -0.301 e. The van der Waals surface area contributed by atoms with Gasteiger partial charge in [-0.3, -0.25) is 9.69 Å². The molecular formula is C16H28N2O. The highest BCUT2D eigenvalue weighted by atomic mass is 16.1. The van der Waals surface area contributed by atoms with Crippen LogP contribution < -0.4 is 0 Å². The molecule has 3 nitrogen and oxygen atoms in total. The van der Waals surface area contributed by atoms with Crippen molar-refractivity contribution in [2.24, 2.45) is 5.92 Å². The van der Waals surface area contributed by atoms with E-state index in [4.69, 9.17) is 0 Å². The third-order valence-electron chi connectivity index (χ3n) is 5.64. The fourth-order valence-corrected chi connectivity index (χ4v) is 4.28. The number of Topliss-reactive ketones (excluding diaryl/α,β-unsaturated/α-hetero) is 1. The number of carbonyl (C=O) groups excluding carboxylic acids is 1. The number of likely N-dealkylation sites (N-methyl/N-ethyl adjacent to an activating group) is 1. The third-order valence-corrected chi connectivity index (χ3v) is 5.64. The lowest BCUT2D eigenvalue weighted by Crippen LogP contribution is -2.39. The minimum atomic E-state index is 0.337. The largest absolute Gasteiger partial charge is 0.301 e. The van der Waals surface area contributed by atoms with Crippen molar-refractivity contribution in [3.05, 3.63) is 0 Å². The molecule has 1 saturated carbocycles. The molecular weight excluding hydrogens is 236 g/mol. The summed E-state index contributed by atoms with van der Waals surface area (Å²) in [6.07, 6.45) is 9.67. The highest BCUT2D eigenvalue weighted by molar-refractivity contribution is 5.81. The number of ketones is 1. The first-order valence-corrected chi connectivity index (χ1v) is 8.21. The van der Waals surface area contributed by atoms with Gasteiger partial charge in [0.1, 0.15) is 5.78 Å². The summed E-state index contributed by atoms with van der Waals surface area (Å²) in [6.45, 7) is 3.43. The van der Waals surface area contributed by atoms with Gasteiger partial charge in [0.05, 0.1) is 0 Å². The van der Waals surface area contributed by atoms with Crippen LogP contribution in [0.1, 0.15) is 51.4 Å². The van der Waals surface area contributed by atoms with Gasteiger partial charge in [0.15, 0.2) is 0 Å². The molecule has 0 aromatic heterocycles. The number of likely N-dealkylation sites (tertiary alicyclic amines) is 1. The maximum atomic E-state index is 12.2. The van der Waals surface area contributed by atoms with E-state index >= 15 is 0 Å². The molecule has 108 valence electrons. The summed E-state index contributed by atoms with van der Waals surface area (Å²) in [6, 6.07) is 1.55. The quantitative estimate of drug-likeness (QED) is 0.715. The molecule has 0 radical (unpaired) electrons. The lowest BCUT2D eigenvalue weighted by atomic mass is 9.97. The second-order valence-corrected chi connectivity index (χ2v) is 6.86. The highest BCUT2D eigenvalue weighted by Crippen LogP contribution is 2.29. The molecule has 0 spiro atoms. The second-order valence-electron chi connectivity index (χ2n) is 6.86. The lowest BCUT2D eigenvalue weighted by molar-refractivity contribution is -0.123. The van der Waals surface area contributed by atoms with E-state index < -0.39 is 0 Å². The van der Waals surface area contributed by atoms with Crippen LogP contribution >= 0.6 is 0 Å². The van der Waals surface area contributed by atoms with Gasteiger partial charge in [0, 0.05) is 37.5 Å². The van der Waals surface area contributed by atoms with Gasteiger partial charge < -0.3 is 4.90 Å². The number of hydrogen-bond acceptors (Lipinski definition) is 3. The van der Waals surface area contributed by atoms with Gasteiger partial charge in [-0.05, 0) is 45.7 Å². The van der Waals surface area contributed by atoms with Gasteiger partial charge in [-0.25, -0.2) is 0 Å². The summed E-state index contributed by atoms with van der Waals surface area (Å²) in [5.74, 6) is 0.879. The second kappa shape index (κ2) is 5.92. The maximum Gasteiger partial charge on any atom is 0.137 e. The molecule has 0 amide bonds. The zero-order valence-electron chi connectivity index (χ0n) is 12.3. The van der Waals surface area contributed by atoms with Crippen LogP contribution in [0.4, 0.5) is 0 Å². The summed E-state index contributed by atoms with van der Waals surface area (Å²) in [5, 5.41) is 0. The number of nitrogens with zero attached hydrogens (tertiary/aromatic N) is 2. The van der Waals surface area contributed by atoms with Gasteiger partial charge in [0.25, 0.3) is 0 Å². The Hall–Kier alpha value is -0.410. The smallest absolute Gasteiger partial charge is 0.137 e. The van der Waals surface area contributed by atoms with Gasteiger partial charge >= 0.3 is 0 Å². The van der Waals surface area contributed by atoms with E-state index in [1.54, 1.807) is 0 Å². The van der Waals surface area contributed by atoms with Crippen LogP contribution in [0.5, 0.6) is 0 Å². The standard InChI is InChI=1S/C16H28N2O/c1-17-14-7-8-15(17)12-18(10-9-14)11-13-5-3-2-4-6-16(13)19/h13-15H,2-12H2,1H3. The highest BCUT2D eigenvalue weighted by Gasteiger charge is 2.35. The Labute approximate surface area is 117 Å². The Morgan fingerprint density at radius 3 is 2.79 bits per heavy atom. The Morgan fingerprint density at radius 1 is 1.05 bits per heavy atom. The molecule has 2 saturated heterocycles. The summed E-state index contributed by atoms with van der Waals surface area (Å²) in [4.78, 5) is 17.3. The molecule has 0 aromatic carbocycles. The minimum absolute atomic E-state index is 0.337. The van der Waals surface area contributed by atoms with Crippen LogP contribution in [0.2, 0.25) is 0 Å². The summed E-state index contributed by atoms with van der Waals surface area (Å²) >= 11 is 0. The topological polar surface area (TPSA) is 23.6 Å². The summed E-state index contributed by atoms with van der Waals surface area (Å²) in [5.41, 5.74) is 0. The summed E-state index contributed by atoms with van der Waals surface area (Å²) in [7, 11) is 2.29. The van der Waals surface area contributed by atoms with Crippen LogP contribution in [0.25, 0.3) is 0 Å². The van der Waals surface area contributed by atoms with E-state index in [2.05, 4.69) is 16.8 Å². The molecule has 3 atom stereocenters. The van der Waals surface area contributed by atoms with Crippen molar-refractivity contribution in [3.63, 3.8) is 0 Å². The van der Waals surface area contributed by atoms with Gasteiger partial charge in [-0.2, -0.15) is 0 Å². The Kier molecular flexibility index (Phi) is 4.23. The maximum absolute atomic E-state index is 12.2. The van der Waals surface area contributed by atoms with Crippen LogP contribution in [0, 0.1) is 5.92 Å². The van der Waals surface area contributed by atoms with E-state index in [1.807, 2.05) is 0 Å². The Bertz CT molecular complexity index is 331. The first-order chi connectivity index (χ1) is 9.24. The number of rotatable bonds is 2. The number of fused-ring (bicyclic) bond motifs is 2. The van der Waals surface area contributed by atoms with E-state index in [-0.39, 0.29) is 0 Å². The normalized spacial score (nSPS) is 38.2. The first kappa shape index (κ1) is 13.6. The lowest BCUT2D eigenvalue weighted by Gasteiger charge is -2.28. The molecule has 1 aliphatic carbocycles. The van der Waals surface area contributed by atoms with Crippen molar-refractivity contribution in [3.8, 4) is 0 Å². The molecule has 3 heteroatoms. The SMILES string of the molecule is CN1C2CCC1CN(CC1CCCCCC1=O)CC2. The molecule has 0 aromatic rings. The molecule has 3 aliphatic rings. The summed E-state index contributed by atoms with van der Waals surface area (Å²) < 4.78 is 0. The molecule has 0 N–H and O–H groups in total. The number of hydrogen-bond donors (Lipinski definition) is 0. The molecule has 3 rings (SSSR count). The molecule has 19 heavy (non-hydrogen) atoms. The average Bonchev–Trinajstić information content (AvgIpc) is 2.52. The van der Waals surface area contributed by atoms with Crippen molar-refractivity contribution in [1.82, 2.24) is 9.80 Å². The Morgan fingerprint density at radius 2 is 1.89 bits per heavy atom. The number of carbonyl (C=O) groups is 1. The van der Waals surface area contributed by atoms with Crippen LogP contribution in [0.3, 0.4) is 0 Å². The monoisotopic (exact) mass is 264 g/mol. The predicted molar refractivity (Wildman–Crippen MR) is 77.2 cm³/mol. The molecule has 2 aliphatic heterocycles. The van der Waals surface area contributed by atoms with Crippen molar-refractivity contribution in [2.45, 2.75) is 63.5 Å². The van der Waals surface area contributed by atoms with E-state index in [9.17, 15) is 4.79 Å². The van der Waals surface area contributed by atoms with Gasteiger partial charge in [-0.15, -0.1) is 0 Å². The first-order valence-electron chi connectivity index (χ1n) is 8.21.